The SMILES string of the molecule is CCCCCCCCOC(CCC(=O)OCC1(C)CC(C)CC(CC(C)(C)CO)C1)OCCCCCCCC. The highest BCUT2D eigenvalue weighted by Gasteiger charge is 2.38. The molecule has 5 nitrogen and oxygen atoms in total. The number of unbranched alkanes of at least 4 members (excludes halogenated alkanes) is 10. The molecule has 1 saturated carbocycles. The number of carbonyl (C=O) groups is 1. The summed E-state index contributed by atoms with van der Waals surface area (Å²) < 4.78 is 18.0. The Kier molecular flexibility index (Phi) is 19.7. The first-order chi connectivity index (χ1) is 18.6. The van der Waals surface area contributed by atoms with Crippen molar-refractivity contribution in [2.45, 2.75) is 163 Å². The molecule has 1 aliphatic rings. The Morgan fingerprint density at radius 1 is 0.897 bits per heavy atom. The van der Waals surface area contributed by atoms with Crippen molar-refractivity contribution in [2.75, 3.05) is 26.4 Å². The Bertz CT molecular complexity index is 588. The van der Waals surface area contributed by atoms with Crippen LogP contribution in [0.2, 0.25) is 0 Å². The predicted octanol–water partition coefficient (Wildman–Crippen LogP) is 9.24. The van der Waals surface area contributed by atoms with Gasteiger partial charge in [0.15, 0.2) is 6.29 Å². The van der Waals surface area contributed by atoms with Crippen LogP contribution in [0.4, 0.5) is 0 Å². The number of aliphatic hydroxyl groups is 1. The third-order valence-electron chi connectivity index (χ3n) is 8.40. The van der Waals surface area contributed by atoms with Crippen molar-refractivity contribution >= 4 is 5.97 Å². The molecule has 0 amide bonds. The van der Waals surface area contributed by atoms with Gasteiger partial charge in [0.2, 0.25) is 0 Å². The molecule has 0 aromatic carbocycles. The number of esters is 1. The van der Waals surface area contributed by atoms with E-state index in [-0.39, 0.29) is 29.7 Å². The van der Waals surface area contributed by atoms with E-state index in [9.17, 15) is 9.90 Å². The average molecular weight is 555 g/mol. The fourth-order valence-electron chi connectivity index (χ4n) is 6.45. The van der Waals surface area contributed by atoms with Gasteiger partial charge in [0.25, 0.3) is 0 Å². The molecule has 1 N–H and O–H groups in total. The second kappa shape index (κ2) is 21.1. The molecule has 0 heterocycles. The van der Waals surface area contributed by atoms with Gasteiger partial charge in [-0.1, -0.05) is 106 Å². The highest BCUT2D eigenvalue weighted by molar-refractivity contribution is 5.69. The predicted molar refractivity (Wildman–Crippen MR) is 163 cm³/mol. The van der Waals surface area contributed by atoms with Gasteiger partial charge in [0, 0.05) is 31.7 Å². The minimum absolute atomic E-state index is 0.00544. The molecule has 0 aromatic heterocycles. The van der Waals surface area contributed by atoms with E-state index in [4.69, 9.17) is 14.2 Å². The van der Waals surface area contributed by atoms with Gasteiger partial charge in [-0.25, -0.2) is 0 Å². The van der Waals surface area contributed by atoms with Gasteiger partial charge in [-0.05, 0) is 55.8 Å². The molecule has 1 aliphatic carbocycles. The van der Waals surface area contributed by atoms with Crippen molar-refractivity contribution in [3.63, 3.8) is 0 Å². The molecule has 3 atom stereocenters. The Labute approximate surface area is 242 Å². The highest BCUT2D eigenvalue weighted by Crippen LogP contribution is 2.46. The van der Waals surface area contributed by atoms with Crippen molar-refractivity contribution in [1.82, 2.24) is 0 Å². The lowest BCUT2D eigenvalue weighted by molar-refractivity contribution is -0.162. The Hall–Kier alpha value is -0.650. The quantitative estimate of drug-likeness (QED) is 0.0731. The second-order valence-electron chi connectivity index (χ2n) is 13.9. The van der Waals surface area contributed by atoms with E-state index < -0.39 is 0 Å². The van der Waals surface area contributed by atoms with E-state index in [0.717, 1.165) is 32.1 Å². The van der Waals surface area contributed by atoms with E-state index >= 15 is 0 Å². The van der Waals surface area contributed by atoms with Crippen LogP contribution < -0.4 is 0 Å². The number of hydrogen-bond donors (Lipinski definition) is 1. The van der Waals surface area contributed by atoms with Crippen LogP contribution in [0.5, 0.6) is 0 Å². The van der Waals surface area contributed by atoms with Crippen molar-refractivity contribution in [3.05, 3.63) is 0 Å². The molecule has 5 heteroatoms. The lowest BCUT2D eigenvalue weighted by Crippen LogP contribution is -2.36. The summed E-state index contributed by atoms with van der Waals surface area (Å²) in [5.41, 5.74) is -0.0508. The number of hydrogen-bond acceptors (Lipinski definition) is 5. The Balaban J connectivity index is 2.46. The molecule has 0 aliphatic heterocycles. The molecule has 0 spiro atoms. The average Bonchev–Trinajstić information content (AvgIpc) is 2.88. The molecular weight excluding hydrogens is 488 g/mol. The van der Waals surface area contributed by atoms with Crippen LogP contribution in [-0.4, -0.2) is 43.8 Å². The van der Waals surface area contributed by atoms with Crippen LogP contribution in [0, 0.1) is 22.7 Å². The fraction of sp³-hybridized carbons (Fsp3) is 0.971. The molecule has 1 fully saturated rings. The topological polar surface area (TPSA) is 65.0 Å². The first kappa shape index (κ1) is 36.4. The number of aliphatic hydroxyl groups excluding tert-OH is 1. The minimum atomic E-state index is -0.320. The summed E-state index contributed by atoms with van der Waals surface area (Å²) in [6.45, 7) is 15.4. The third kappa shape index (κ3) is 18.4. The molecule has 1 rings (SSSR count). The van der Waals surface area contributed by atoms with Gasteiger partial charge in [-0.15, -0.1) is 0 Å². The highest BCUT2D eigenvalue weighted by atomic mass is 16.7. The molecule has 232 valence electrons. The lowest BCUT2D eigenvalue weighted by atomic mass is 9.64. The molecule has 39 heavy (non-hydrogen) atoms. The van der Waals surface area contributed by atoms with Crippen LogP contribution in [-0.2, 0) is 19.0 Å². The molecule has 3 unspecified atom stereocenters. The van der Waals surface area contributed by atoms with Gasteiger partial charge in [0.1, 0.15) is 0 Å². The van der Waals surface area contributed by atoms with Gasteiger partial charge in [-0.2, -0.15) is 0 Å². The maximum absolute atomic E-state index is 12.8. The summed E-state index contributed by atoms with van der Waals surface area (Å²) >= 11 is 0. The van der Waals surface area contributed by atoms with Crippen LogP contribution in [0.15, 0.2) is 0 Å². The zero-order chi connectivity index (χ0) is 29.0. The van der Waals surface area contributed by atoms with E-state index in [1.165, 1.54) is 70.6 Å². The number of ether oxygens (including phenoxy) is 3. The van der Waals surface area contributed by atoms with Crippen molar-refractivity contribution in [1.29, 1.82) is 0 Å². The van der Waals surface area contributed by atoms with Crippen LogP contribution in [0.3, 0.4) is 0 Å². The largest absolute Gasteiger partial charge is 0.465 e. The van der Waals surface area contributed by atoms with Crippen molar-refractivity contribution < 1.29 is 24.1 Å². The van der Waals surface area contributed by atoms with Gasteiger partial charge in [0.05, 0.1) is 13.0 Å². The van der Waals surface area contributed by atoms with E-state index in [1.54, 1.807) is 0 Å². The lowest BCUT2D eigenvalue weighted by Gasteiger charge is -2.43. The van der Waals surface area contributed by atoms with Crippen molar-refractivity contribution in [3.8, 4) is 0 Å². The Morgan fingerprint density at radius 3 is 1.97 bits per heavy atom. The third-order valence-corrected chi connectivity index (χ3v) is 8.40. The van der Waals surface area contributed by atoms with E-state index in [1.807, 2.05) is 0 Å². The normalized spacial score (nSPS) is 21.9. The summed E-state index contributed by atoms with van der Waals surface area (Å²) in [4.78, 5) is 12.8. The molecule has 0 radical (unpaired) electrons. The summed E-state index contributed by atoms with van der Waals surface area (Å²) in [7, 11) is 0. The molecule has 0 aromatic rings. The molecule has 0 saturated heterocycles. The number of carbonyl (C=O) groups excluding carboxylic acids is 1. The second-order valence-corrected chi connectivity index (χ2v) is 13.9. The zero-order valence-electron chi connectivity index (χ0n) is 26.9. The van der Waals surface area contributed by atoms with Crippen LogP contribution in [0.25, 0.3) is 0 Å². The van der Waals surface area contributed by atoms with Gasteiger partial charge < -0.3 is 19.3 Å². The zero-order valence-corrected chi connectivity index (χ0v) is 26.9. The van der Waals surface area contributed by atoms with Crippen LogP contribution >= 0.6 is 0 Å². The minimum Gasteiger partial charge on any atom is -0.465 e. The first-order valence-electron chi connectivity index (χ1n) is 16.6. The Morgan fingerprint density at radius 2 is 1.44 bits per heavy atom. The smallest absolute Gasteiger partial charge is 0.305 e. The van der Waals surface area contributed by atoms with E-state index in [0.29, 0.717) is 44.5 Å². The van der Waals surface area contributed by atoms with Gasteiger partial charge in [-0.3, -0.25) is 4.79 Å². The molecule has 0 bridgehead atoms. The summed E-state index contributed by atoms with van der Waals surface area (Å²) in [6.07, 6.45) is 19.7. The summed E-state index contributed by atoms with van der Waals surface area (Å²) in [6, 6.07) is 0. The number of rotatable bonds is 24. The maximum Gasteiger partial charge on any atom is 0.305 e. The maximum atomic E-state index is 12.8. The van der Waals surface area contributed by atoms with Crippen LogP contribution in [0.1, 0.15) is 157 Å². The monoisotopic (exact) mass is 554 g/mol. The molecular formula is C34H66O5. The van der Waals surface area contributed by atoms with Crippen molar-refractivity contribution in [2.24, 2.45) is 22.7 Å². The fourth-order valence-corrected chi connectivity index (χ4v) is 6.45. The van der Waals surface area contributed by atoms with E-state index in [2.05, 4.69) is 41.5 Å². The standard InChI is InChI=1S/C34H66O5/c1-7-9-11-13-15-17-21-37-32(38-22-18-16-14-12-10-8-2)20-19-31(36)39-28-34(6)24-29(3)23-30(26-34)25-33(4,5)27-35/h29-30,32,35H,7-28H2,1-6H3. The summed E-state index contributed by atoms with van der Waals surface area (Å²) in [5.74, 6) is 1.03. The first-order valence-corrected chi connectivity index (χ1v) is 16.6. The van der Waals surface area contributed by atoms with Gasteiger partial charge >= 0.3 is 5.97 Å². The summed E-state index contributed by atoms with van der Waals surface area (Å²) in [5, 5.41) is 9.73.